The van der Waals surface area contributed by atoms with E-state index in [1.165, 1.54) is 0 Å². The van der Waals surface area contributed by atoms with Crippen molar-refractivity contribution in [3.05, 3.63) is 57.4 Å². The van der Waals surface area contributed by atoms with E-state index >= 15 is 0 Å². The van der Waals surface area contributed by atoms with Gasteiger partial charge in [-0.2, -0.15) is 0 Å². The molecule has 2 heterocycles. The first-order valence-corrected chi connectivity index (χ1v) is 7.69. The van der Waals surface area contributed by atoms with Crippen LogP contribution in [0, 0.1) is 6.92 Å². The van der Waals surface area contributed by atoms with Gasteiger partial charge in [-0.15, -0.1) is 0 Å². The minimum Gasteiger partial charge on any atom is -0.364 e. The summed E-state index contributed by atoms with van der Waals surface area (Å²) < 4.78 is 2.62. The molecule has 0 fully saturated rings. The van der Waals surface area contributed by atoms with Gasteiger partial charge in [-0.05, 0) is 25.1 Å². The first-order chi connectivity index (χ1) is 10.5. The molecule has 114 valence electrons. The highest BCUT2D eigenvalue weighted by Gasteiger charge is 2.17. The molecule has 0 radical (unpaired) electrons. The lowest BCUT2D eigenvalue weighted by Gasteiger charge is -2.18. The summed E-state index contributed by atoms with van der Waals surface area (Å²) in [6.07, 6.45) is 3.44. The number of anilines is 2. The monoisotopic (exact) mass is 381 g/mol. The number of hydrogen-bond donors (Lipinski definition) is 3. The van der Waals surface area contributed by atoms with E-state index < -0.39 is 6.29 Å². The van der Waals surface area contributed by atoms with Gasteiger partial charge in [0, 0.05) is 34.2 Å². The Balaban J connectivity index is 2.16. The van der Waals surface area contributed by atoms with Crippen molar-refractivity contribution in [2.24, 2.45) is 0 Å². The van der Waals surface area contributed by atoms with Crippen LogP contribution in [-0.2, 0) is 0 Å². The molecular weight excluding hydrogens is 370 g/mol. The van der Waals surface area contributed by atoms with Crippen molar-refractivity contribution in [3.8, 4) is 0 Å². The minimum atomic E-state index is -1.61. The zero-order valence-electron chi connectivity index (χ0n) is 11.6. The molecule has 0 saturated carbocycles. The highest BCUT2D eigenvalue weighted by molar-refractivity contribution is 9.10. The second kappa shape index (κ2) is 5.89. The first-order valence-electron chi connectivity index (χ1n) is 6.51. The number of rotatable bonds is 3. The van der Waals surface area contributed by atoms with E-state index in [4.69, 9.17) is 11.6 Å². The van der Waals surface area contributed by atoms with Gasteiger partial charge in [0.15, 0.2) is 6.29 Å². The molecule has 3 rings (SSSR count). The predicted octanol–water partition coefficient (Wildman–Crippen LogP) is 3.79. The summed E-state index contributed by atoms with van der Waals surface area (Å²) in [5, 5.41) is 23.0. The number of nitrogens with one attached hydrogen (secondary N) is 1. The normalized spacial score (nSPS) is 11.4. The molecule has 0 spiro atoms. The van der Waals surface area contributed by atoms with Crippen LogP contribution < -0.4 is 5.32 Å². The van der Waals surface area contributed by atoms with Crippen LogP contribution in [0.4, 0.5) is 11.4 Å². The fourth-order valence-corrected chi connectivity index (χ4v) is 3.06. The van der Waals surface area contributed by atoms with Crippen molar-refractivity contribution in [2.75, 3.05) is 5.32 Å². The summed E-state index contributed by atoms with van der Waals surface area (Å²) in [5.74, 6) is 0. The molecule has 0 amide bonds. The topological polar surface area (TPSA) is 69.8 Å². The number of benzene rings is 1. The fourth-order valence-electron chi connectivity index (χ4n) is 2.34. The maximum atomic E-state index is 9.66. The third-order valence-electron chi connectivity index (χ3n) is 3.41. The van der Waals surface area contributed by atoms with Crippen molar-refractivity contribution in [1.29, 1.82) is 0 Å². The molecule has 0 unspecified atom stereocenters. The number of imidazole rings is 1. The highest BCUT2D eigenvalue weighted by Crippen LogP contribution is 2.34. The maximum Gasteiger partial charge on any atom is 0.181 e. The average Bonchev–Trinajstić information content (AvgIpc) is 2.92. The summed E-state index contributed by atoms with van der Waals surface area (Å²) in [6, 6.07) is 5.43. The van der Waals surface area contributed by atoms with E-state index in [1.54, 1.807) is 29.1 Å². The SMILES string of the molecule is Cc1c(Nc2ccc(Br)cc2Cl)c(C(O)O)cn2ccnc12. The number of aryl methyl sites for hydroxylation is 1. The van der Waals surface area contributed by atoms with Crippen LogP contribution in [0.25, 0.3) is 5.65 Å². The molecule has 0 atom stereocenters. The number of aliphatic hydroxyl groups is 2. The lowest BCUT2D eigenvalue weighted by molar-refractivity contribution is -0.0422. The predicted molar refractivity (Wildman–Crippen MR) is 89.5 cm³/mol. The van der Waals surface area contributed by atoms with Crippen molar-refractivity contribution in [2.45, 2.75) is 13.2 Å². The number of aromatic nitrogens is 2. The van der Waals surface area contributed by atoms with Crippen LogP contribution >= 0.6 is 27.5 Å². The number of hydrogen-bond acceptors (Lipinski definition) is 4. The Morgan fingerprint density at radius 3 is 2.82 bits per heavy atom. The Morgan fingerprint density at radius 2 is 2.14 bits per heavy atom. The molecule has 0 saturated heterocycles. The zero-order chi connectivity index (χ0) is 15.9. The van der Waals surface area contributed by atoms with Gasteiger partial charge >= 0.3 is 0 Å². The average molecular weight is 383 g/mol. The molecule has 0 aliphatic heterocycles. The van der Waals surface area contributed by atoms with Crippen LogP contribution in [0.15, 0.2) is 41.3 Å². The van der Waals surface area contributed by atoms with Gasteiger partial charge in [0.2, 0.25) is 0 Å². The van der Waals surface area contributed by atoms with Crippen molar-refractivity contribution >= 4 is 44.6 Å². The molecule has 3 N–H and O–H groups in total. The Hall–Kier alpha value is -1.60. The standard InChI is InChI=1S/C15H13BrClN3O2/c1-8-13(19-12-3-2-9(16)6-11(12)17)10(15(21)22)7-20-5-4-18-14(8)20/h2-7,15,19,21-22H,1H3. The van der Waals surface area contributed by atoms with E-state index in [0.29, 0.717) is 22.0 Å². The molecule has 5 nitrogen and oxygen atoms in total. The smallest absolute Gasteiger partial charge is 0.181 e. The van der Waals surface area contributed by atoms with Gasteiger partial charge in [-0.3, -0.25) is 0 Å². The summed E-state index contributed by atoms with van der Waals surface area (Å²) in [4.78, 5) is 4.28. The van der Waals surface area contributed by atoms with E-state index in [1.807, 2.05) is 19.1 Å². The largest absolute Gasteiger partial charge is 0.364 e. The number of fused-ring (bicyclic) bond motifs is 1. The Bertz CT molecular complexity index is 848. The molecule has 22 heavy (non-hydrogen) atoms. The number of nitrogens with zero attached hydrogens (tertiary/aromatic N) is 2. The van der Waals surface area contributed by atoms with Crippen LogP contribution in [0.5, 0.6) is 0 Å². The Kier molecular flexibility index (Phi) is 4.10. The van der Waals surface area contributed by atoms with Crippen LogP contribution in [-0.4, -0.2) is 19.6 Å². The van der Waals surface area contributed by atoms with E-state index in [-0.39, 0.29) is 0 Å². The highest BCUT2D eigenvalue weighted by atomic mass is 79.9. The number of aliphatic hydroxyl groups excluding tert-OH is 1. The summed E-state index contributed by atoms with van der Waals surface area (Å²) >= 11 is 9.58. The fraction of sp³-hybridized carbons (Fsp3) is 0.133. The van der Waals surface area contributed by atoms with Crippen LogP contribution in [0.2, 0.25) is 5.02 Å². The van der Waals surface area contributed by atoms with Crippen molar-refractivity contribution in [3.63, 3.8) is 0 Å². The van der Waals surface area contributed by atoms with E-state index in [0.717, 1.165) is 15.7 Å². The third-order valence-corrected chi connectivity index (χ3v) is 4.22. The molecule has 0 bridgehead atoms. The van der Waals surface area contributed by atoms with Gasteiger partial charge in [0.1, 0.15) is 5.65 Å². The Morgan fingerprint density at radius 1 is 1.36 bits per heavy atom. The maximum absolute atomic E-state index is 9.66. The van der Waals surface area contributed by atoms with Gasteiger partial charge in [0.05, 0.1) is 16.4 Å². The summed E-state index contributed by atoms with van der Waals surface area (Å²) in [7, 11) is 0. The lowest BCUT2D eigenvalue weighted by Crippen LogP contribution is -2.07. The summed E-state index contributed by atoms with van der Waals surface area (Å²) in [6.45, 7) is 1.86. The molecular formula is C15H13BrClN3O2. The van der Waals surface area contributed by atoms with Crippen molar-refractivity contribution < 1.29 is 10.2 Å². The molecule has 0 aliphatic carbocycles. The van der Waals surface area contributed by atoms with Crippen LogP contribution in [0.3, 0.4) is 0 Å². The van der Waals surface area contributed by atoms with E-state index in [2.05, 4.69) is 26.2 Å². The summed E-state index contributed by atoms with van der Waals surface area (Å²) in [5.41, 5.74) is 3.14. The van der Waals surface area contributed by atoms with Crippen molar-refractivity contribution in [1.82, 2.24) is 9.38 Å². The quantitative estimate of drug-likeness (QED) is 0.603. The van der Waals surface area contributed by atoms with Gasteiger partial charge in [-0.25, -0.2) is 4.98 Å². The van der Waals surface area contributed by atoms with Gasteiger partial charge in [0.25, 0.3) is 0 Å². The molecule has 7 heteroatoms. The minimum absolute atomic E-state index is 0.349. The van der Waals surface area contributed by atoms with Crippen LogP contribution in [0.1, 0.15) is 17.4 Å². The second-order valence-electron chi connectivity index (χ2n) is 4.87. The lowest BCUT2D eigenvalue weighted by atomic mass is 10.1. The number of pyridine rings is 1. The second-order valence-corrected chi connectivity index (χ2v) is 6.19. The third kappa shape index (κ3) is 2.70. The number of halogens is 2. The van der Waals surface area contributed by atoms with E-state index in [9.17, 15) is 10.2 Å². The molecule has 2 aromatic heterocycles. The zero-order valence-corrected chi connectivity index (χ0v) is 13.9. The molecule has 0 aliphatic rings. The first kappa shape index (κ1) is 15.3. The Labute approximate surface area is 140 Å². The van der Waals surface area contributed by atoms with Gasteiger partial charge < -0.3 is 19.9 Å². The van der Waals surface area contributed by atoms with Gasteiger partial charge in [-0.1, -0.05) is 27.5 Å². The molecule has 3 aromatic rings. The molecule has 1 aromatic carbocycles.